The summed E-state index contributed by atoms with van der Waals surface area (Å²) in [4.78, 5) is 30.0. The molecule has 1 aliphatic carbocycles. The number of carbonyl (C=O) groups is 2. The molecule has 3 rings (SSSR count). The molecule has 108 valence electrons. The maximum atomic E-state index is 12.2. The molecule has 1 aliphatic heterocycles. The van der Waals surface area contributed by atoms with Crippen LogP contribution in [0.5, 0.6) is 0 Å². The van der Waals surface area contributed by atoms with E-state index in [4.69, 9.17) is 9.84 Å². The molecule has 1 amide bonds. The number of ether oxygens (including phenoxy) is 1. The molecule has 1 aromatic rings. The Kier molecular flexibility index (Phi) is 3.21. The summed E-state index contributed by atoms with van der Waals surface area (Å²) >= 11 is 0. The normalized spacial score (nSPS) is 24.1. The molecule has 1 aromatic heterocycles. The summed E-state index contributed by atoms with van der Waals surface area (Å²) in [6.07, 6.45) is 5.04. The number of aromatic carboxylic acids is 1. The number of hydrogen-bond acceptors (Lipinski definition) is 4. The molecule has 7 heteroatoms. The zero-order valence-electron chi connectivity index (χ0n) is 11.0. The molecule has 0 radical (unpaired) electrons. The fourth-order valence-corrected chi connectivity index (χ4v) is 2.73. The number of rotatable bonds is 4. The van der Waals surface area contributed by atoms with E-state index in [1.807, 2.05) is 0 Å². The number of carboxylic acids is 1. The highest BCUT2D eigenvalue weighted by molar-refractivity contribution is 5.85. The third-order valence-corrected chi connectivity index (χ3v) is 4.05. The van der Waals surface area contributed by atoms with E-state index in [0.29, 0.717) is 12.4 Å². The average Bonchev–Trinajstić information content (AvgIpc) is 3.03. The van der Waals surface area contributed by atoms with Gasteiger partial charge in [-0.2, -0.15) is 0 Å². The number of hydrogen-bond donors (Lipinski definition) is 3. The first-order chi connectivity index (χ1) is 9.61. The number of nitrogens with one attached hydrogen (secondary N) is 2. The molecule has 7 nitrogen and oxygen atoms in total. The second-order valence-electron chi connectivity index (χ2n) is 5.38. The number of aromatic nitrogens is 2. The fraction of sp³-hybridized carbons (Fsp3) is 0.615. The van der Waals surface area contributed by atoms with Gasteiger partial charge in [0.1, 0.15) is 17.6 Å². The predicted octanol–water partition coefficient (Wildman–Crippen LogP) is 0.782. The summed E-state index contributed by atoms with van der Waals surface area (Å²) in [6, 6.07) is 0. The van der Waals surface area contributed by atoms with Crippen molar-refractivity contribution in [3.63, 3.8) is 0 Å². The lowest BCUT2D eigenvalue weighted by molar-refractivity contribution is -0.133. The summed E-state index contributed by atoms with van der Waals surface area (Å²) in [7, 11) is 0. The van der Waals surface area contributed by atoms with Crippen LogP contribution in [-0.4, -0.2) is 39.7 Å². The first kappa shape index (κ1) is 13.1. The van der Waals surface area contributed by atoms with Crippen LogP contribution in [0.4, 0.5) is 0 Å². The molecule has 0 aromatic carbocycles. The lowest BCUT2D eigenvalue weighted by Gasteiger charge is -2.41. The van der Waals surface area contributed by atoms with Crippen LogP contribution in [0, 0.1) is 0 Å². The van der Waals surface area contributed by atoms with Gasteiger partial charge in [-0.15, -0.1) is 0 Å². The van der Waals surface area contributed by atoms with Gasteiger partial charge in [0.25, 0.3) is 0 Å². The minimum Gasteiger partial charge on any atom is -0.477 e. The maximum Gasteiger partial charge on any atom is 0.353 e. The summed E-state index contributed by atoms with van der Waals surface area (Å²) in [5, 5.41) is 11.9. The number of H-pyrrole nitrogens is 1. The SMILES string of the molecule is O=C(O)c1cnc(C2(NC(=O)[C@@H]3CCCO3)CCC2)[nH]1. The lowest BCUT2D eigenvalue weighted by Crippen LogP contribution is -2.54. The zero-order valence-corrected chi connectivity index (χ0v) is 11.0. The van der Waals surface area contributed by atoms with Crippen molar-refractivity contribution in [1.82, 2.24) is 15.3 Å². The molecule has 20 heavy (non-hydrogen) atoms. The van der Waals surface area contributed by atoms with Crippen molar-refractivity contribution >= 4 is 11.9 Å². The predicted molar refractivity (Wildman–Crippen MR) is 68.2 cm³/mol. The van der Waals surface area contributed by atoms with Crippen molar-refractivity contribution < 1.29 is 19.4 Å². The Hall–Kier alpha value is -1.89. The quantitative estimate of drug-likeness (QED) is 0.755. The van der Waals surface area contributed by atoms with Crippen molar-refractivity contribution in [2.45, 2.75) is 43.7 Å². The third-order valence-electron chi connectivity index (χ3n) is 4.05. The van der Waals surface area contributed by atoms with E-state index >= 15 is 0 Å². The summed E-state index contributed by atoms with van der Waals surface area (Å²) in [5.74, 6) is -0.661. The van der Waals surface area contributed by atoms with Gasteiger partial charge in [0, 0.05) is 6.61 Å². The summed E-state index contributed by atoms with van der Waals surface area (Å²) in [6.45, 7) is 0.620. The molecule has 2 aliphatic rings. The van der Waals surface area contributed by atoms with Gasteiger partial charge in [0.2, 0.25) is 5.91 Å². The third kappa shape index (κ3) is 2.18. The lowest BCUT2D eigenvalue weighted by atomic mass is 9.76. The second kappa shape index (κ2) is 4.90. The Morgan fingerprint density at radius 1 is 1.45 bits per heavy atom. The molecular formula is C13H17N3O4. The zero-order chi connectivity index (χ0) is 14.2. The Morgan fingerprint density at radius 3 is 2.75 bits per heavy atom. The number of imidazole rings is 1. The first-order valence-corrected chi connectivity index (χ1v) is 6.83. The smallest absolute Gasteiger partial charge is 0.353 e. The van der Waals surface area contributed by atoms with Gasteiger partial charge in [-0.3, -0.25) is 4.79 Å². The molecule has 1 saturated carbocycles. The highest BCUT2D eigenvalue weighted by Gasteiger charge is 2.44. The number of amides is 1. The van der Waals surface area contributed by atoms with Crippen LogP contribution in [0.1, 0.15) is 48.4 Å². The van der Waals surface area contributed by atoms with Crippen LogP contribution in [0.15, 0.2) is 6.20 Å². The number of carbonyl (C=O) groups excluding carboxylic acids is 1. The topological polar surface area (TPSA) is 104 Å². The standard InChI is InChI=1S/C13H17N3O4/c17-10(9-3-1-6-20-9)16-13(4-2-5-13)12-14-7-8(15-12)11(18)19/h7,9H,1-6H2,(H,14,15)(H,16,17)(H,18,19)/t9-/m0/s1. The van der Waals surface area contributed by atoms with Gasteiger partial charge in [0.15, 0.2) is 0 Å². The molecule has 0 bridgehead atoms. The second-order valence-corrected chi connectivity index (χ2v) is 5.38. The van der Waals surface area contributed by atoms with Gasteiger partial charge >= 0.3 is 5.97 Å². The molecular weight excluding hydrogens is 262 g/mol. The van der Waals surface area contributed by atoms with Gasteiger partial charge in [-0.05, 0) is 32.1 Å². The van der Waals surface area contributed by atoms with E-state index in [1.165, 1.54) is 6.20 Å². The fourth-order valence-electron chi connectivity index (χ4n) is 2.73. The first-order valence-electron chi connectivity index (χ1n) is 6.83. The van der Waals surface area contributed by atoms with Crippen molar-refractivity contribution in [2.24, 2.45) is 0 Å². The highest BCUT2D eigenvalue weighted by atomic mass is 16.5. The Bertz CT molecular complexity index is 529. The Labute approximate surface area is 115 Å². The van der Waals surface area contributed by atoms with Crippen LogP contribution < -0.4 is 5.32 Å². The Balaban J connectivity index is 1.76. The van der Waals surface area contributed by atoms with Crippen LogP contribution in [0.3, 0.4) is 0 Å². The minimum absolute atomic E-state index is 0.0395. The summed E-state index contributed by atoms with van der Waals surface area (Å²) < 4.78 is 5.37. The van der Waals surface area contributed by atoms with Gasteiger partial charge in [-0.1, -0.05) is 0 Å². The Morgan fingerprint density at radius 2 is 2.25 bits per heavy atom. The minimum atomic E-state index is -1.05. The van der Waals surface area contributed by atoms with E-state index in [0.717, 1.165) is 32.1 Å². The van der Waals surface area contributed by atoms with E-state index in [-0.39, 0.29) is 17.7 Å². The molecule has 1 saturated heterocycles. The van der Waals surface area contributed by atoms with E-state index < -0.39 is 11.5 Å². The largest absolute Gasteiger partial charge is 0.477 e. The van der Waals surface area contributed by atoms with Crippen molar-refractivity contribution in [3.05, 3.63) is 17.7 Å². The molecule has 0 spiro atoms. The van der Waals surface area contributed by atoms with E-state index in [1.54, 1.807) is 0 Å². The molecule has 1 atom stereocenters. The molecule has 3 N–H and O–H groups in total. The van der Waals surface area contributed by atoms with Gasteiger partial charge in [0.05, 0.1) is 11.7 Å². The van der Waals surface area contributed by atoms with E-state index in [2.05, 4.69) is 15.3 Å². The van der Waals surface area contributed by atoms with Crippen molar-refractivity contribution in [2.75, 3.05) is 6.61 Å². The average molecular weight is 279 g/mol. The van der Waals surface area contributed by atoms with Crippen molar-refractivity contribution in [3.8, 4) is 0 Å². The van der Waals surface area contributed by atoms with Crippen LogP contribution >= 0.6 is 0 Å². The number of aromatic amines is 1. The number of nitrogens with zero attached hydrogens (tertiary/aromatic N) is 1. The highest BCUT2D eigenvalue weighted by Crippen LogP contribution is 2.40. The van der Waals surface area contributed by atoms with Crippen LogP contribution in [0.2, 0.25) is 0 Å². The monoisotopic (exact) mass is 279 g/mol. The van der Waals surface area contributed by atoms with Crippen LogP contribution in [-0.2, 0) is 15.1 Å². The molecule has 0 unspecified atom stereocenters. The number of carboxylic acid groups (broad SMARTS) is 1. The van der Waals surface area contributed by atoms with Crippen molar-refractivity contribution in [1.29, 1.82) is 0 Å². The van der Waals surface area contributed by atoms with Gasteiger partial charge in [-0.25, -0.2) is 9.78 Å². The summed E-state index contributed by atoms with van der Waals surface area (Å²) in [5.41, 5.74) is -0.519. The maximum absolute atomic E-state index is 12.2. The van der Waals surface area contributed by atoms with E-state index in [9.17, 15) is 9.59 Å². The van der Waals surface area contributed by atoms with Crippen LogP contribution in [0.25, 0.3) is 0 Å². The molecule has 2 fully saturated rings. The molecule has 2 heterocycles. The van der Waals surface area contributed by atoms with Gasteiger partial charge < -0.3 is 20.1 Å².